The predicted molar refractivity (Wildman–Crippen MR) is 50.2 cm³/mol. The molecule has 0 fully saturated rings. The molecule has 1 rings (SSSR count). The number of carbonyl (C=O) groups is 1. The molecule has 0 heterocycles. The molecule has 0 aliphatic heterocycles. The van der Waals surface area contributed by atoms with Crippen LogP contribution in [0.15, 0.2) is 18.2 Å². The standard InChI is InChI=1S/C10H13NO/c1-3-10(12)8-5-4-6-9(11)7(8)2/h4-6H,3,11H2,1-2H3. The lowest BCUT2D eigenvalue weighted by molar-refractivity contribution is 0.0987. The number of carbonyl (C=O) groups excluding carboxylic acids is 1. The molecule has 0 unspecified atom stereocenters. The molecular weight excluding hydrogens is 150 g/mol. The van der Waals surface area contributed by atoms with Gasteiger partial charge in [-0.3, -0.25) is 4.79 Å². The van der Waals surface area contributed by atoms with Crippen molar-refractivity contribution in [2.24, 2.45) is 0 Å². The van der Waals surface area contributed by atoms with Gasteiger partial charge in [0.2, 0.25) is 0 Å². The summed E-state index contributed by atoms with van der Waals surface area (Å²) in [6.07, 6.45) is 0.532. The molecule has 0 atom stereocenters. The number of nitrogen functional groups attached to an aromatic ring is 1. The Morgan fingerprint density at radius 3 is 2.75 bits per heavy atom. The first-order valence-corrected chi connectivity index (χ1v) is 4.05. The van der Waals surface area contributed by atoms with E-state index in [9.17, 15) is 4.79 Å². The summed E-state index contributed by atoms with van der Waals surface area (Å²) in [4.78, 5) is 11.3. The summed E-state index contributed by atoms with van der Waals surface area (Å²) in [6, 6.07) is 5.44. The molecule has 0 spiro atoms. The summed E-state index contributed by atoms with van der Waals surface area (Å²) >= 11 is 0. The summed E-state index contributed by atoms with van der Waals surface area (Å²) in [5.41, 5.74) is 7.99. The van der Waals surface area contributed by atoms with Crippen LogP contribution in [0.3, 0.4) is 0 Å². The lowest BCUT2D eigenvalue weighted by Crippen LogP contribution is -2.02. The van der Waals surface area contributed by atoms with Crippen molar-refractivity contribution >= 4 is 11.5 Å². The fourth-order valence-corrected chi connectivity index (χ4v) is 1.15. The minimum absolute atomic E-state index is 0.153. The molecule has 0 aromatic heterocycles. The second kappa shape index (κ2) is 3.39. The monoisotopic (exact) mass is 163 g/mol. The van der Waals surface area contributed by atoms with Gasteiger partial charge < -0.3 is 5.73 Å². The molecule has 0 saturated heterocycles. The molecule has 2 N–H and O–H groups in total. The smallest absolute Gasteiger partial charge is 0.162 e. The maximum absolute atomic E-state index is 11.3. The zero-order valence-electron chi connectivity index (χ0n) is 7.42. The Kier molecular flexibility index (Phi) is 2.48. The Balaban J connectivity index is 3.16. The molecule has 2 nitrogen and oxygen atoms in total. The summed E-state index contributed by atoms with van der Waals surface area (Å²) in [5, 5.41) is 0. The molecule has 1 aromatic carbocycles. The molecule has 0 aliphatic carbocycles. The van der Waals surface area contributed by atoms with Crippen LogP contribution in [0, 0.1) is 6.92 Å². The van der Waals surface area contributed by atoms with Gasteiger partial charge in [0, 0.05) is 17.7 Å². The highest BCUT2D eigenvalue weighted by atomic mass is 16.1. The maximum Gasteiger partial charge on any atom is 0.162 e. The summed E-state index contributed by atoms with van der Waals surface area (Å²) in [5.74, 6) is 0.153. The average Bonchev–Trinajstić information content (AvgIpc) is 2.08. The van der Waals surface area contributed by atoms with Crippen LogP contribution < -0.4 is 5.73 Å². The van der Waals surface area contributed by atoms with Gasteiger partial charge >= 0.3 is 0 Å². The van der Waals surface area contributed by atoms with Crippen LogP contribution >= 0.6 is 0 Å². The van der Waals surface area contributed by atoms with Crippen molar-refractivity contribution in [2.75, 3.05) is 5.73 Å². The third kappa shape index (κ3) is 1.47. The van der Waals surface area contributed by atoms with Crippen molar-refractivity contribution in [1.29, 1.82) is 0 Å². The number of anilines is 1. The van der Waals surface area contributed by atoms with E-state index in [1.54, 1.807) is 0 Å². The summed E-state index contributed by atoms with van der Waals surface area (Å²) in [6.45, 7) is 3.73. The van der Waals surface area contributed by atoms with Gasteiger partial charge in [0.05, 0.1) is 0 Å². The van der Waals surface area contributed by atoms with E-state index < -0.39 is 0 Å². The highest BCUT2D eigenvalue weighted by Gasteiger charge is 2.07. The number of rotatable bonds is 2. The average molecular weight is 163 g/mol. The van der Waals surface area contributed by atoms with Crippen LogP contribution in [0.1, 0.15) is 29.3 Å². The Labute approximate surface area is 72.4 Å². The molecule has 1 aromatic rings. The van der Waals surface area contributed by atoms with Gasteiger partial charge in [-0.15, -0.1) is 0 Å². The van der Waals surface area contributed by atoms with E-state index in [1.807, 2.05) is 32.0 Å². The summed E-state index contributed by atoms with van der Waals surface area (Å²) < 4.78 is 0. The number of hydrogen-bond acceptors (Lipinski definition) is 2. The third-order valence-electron chi connectivity index (χ3n) is 2.00. The van der Waals surface area contributed by atoms with Crippen LogP contribution in [-0.2, 0) is 0 Å². The molecule has 0 radical (unpaired) electrons. The van der Waals surface area contributed by atoms with Crippen molar-refractivity contribution in [2.45, 2.75) is 20.3 Å². The van der Waals surface area contributed by atoms with Gasteiger partial charge in [-0.05, 0) is 18.6 Å². The molecule has 64 valence electrons. The third-order valence-corrected chi connectivity index (χ3v) is 2.00. The van der Waals surface area contributed by atoms with Gasteiger partial charge in [0.1, 0.15) is 0 Å². The first-order chi connectivity index (χ1) is 5.66. The zero-order valence-corrected chi connectivity index (χ0v) is 7.42. The van der Waals surface area contributed by atoms with Crippen molar-refractivity contribution in [1.82, 2.24) is 0 Å². The predicted octanol–water partition coefficient (Wildman–Crippen LogP) is 2.17. The van der Waals surface area contributed by atoms with Crippen LogP contribution in [0.25, 0.3) is 0 Å². The lowest BCUT2D eigenvalue weighted by atomic mass is 10.0. The summed E-state index contributed by atoms with van der Waals surface area (Å²) in [7, 11) is 0. The highest BCUT2D eigenvalue weighted by Crippen LogP contribution is 2.16. The number of benzene rings is 1. The Morgan fingerprint density at radius 1 is 1.50 bits per heavy atom. The number of nitrogens with two attached hydrogens (primary N) is 1. The topological polar surface area (TPSA) is 43.1 Å². The quantitative estimate of drug-likeness (QED) is 0.536. The largest absolute Gasteiger partial charge is 0.398 e. The first-order valence-electron chi connectivity index (χ1n) is 4.05. The first kappa shape index (κ1) is 8.78. The van der Waals surface area contributed by atoms with E-state index >= 15 is 0 Å². The van der Waals surface area contributed by atoms with Gasteiger partial charge in [-0.1, -0.05) is 19.1 Å². The van der Waals surface area contributed by atoms with E-state index in [1.165, 1.54) is 0 Å². The van der Waals surface area contributed by atoms with E-state index in [0.29, 0.717) is 12.1 Å². The van der Waals surface area contributed by atoms with E-state index in [2.05, 4.69) is 0 Å². The normalized spacial score (nSPS) is 9.83. The van der Waals surface area contributed by atoms with Crippen molar-refractivity contribution in [3.05, 3.63) is 29.3 Å². The van der Waals surface area contributed by atoms with Crippen LogP contribution in [-0.4, -0.2) is 5.78 Å². The molecule has 2 heteroatoms. The number of ketones is 1. The minimum Gasteiger partial charge on any atom is -0.398 e. The molecule has 0 aliphatic rings. The van der Waals surface area contributed by atoms with Crippen molar-refractivity contribution in [3.8, 4) is 0 Å². The van der Waals surface area contributed by atoms with Crippen molar-refractivity contribution in [3.63, 3.8) is 0 Å². The molecule has 0 amide bonds. The fraction of sp³-hybridized carbons (Fsp3) is 0.300. The van der Waals surface area contributed by atoms with Gasteiger partial charge in [-0.25, -0.2) is 0 Å². The highest BCUT2D eigenvalue weighted by molar-refractivity contribution is 5.98. The molecular formula is C10H13NO. The Hall–Kier alpha value is -1.31. The Bertz CT molecular complexity index is 305. The van der Waals surface area contributed by atoms with Crippen LogP contribution in [0.5, 0.6) is 0 Å². The number of Topliss-reactive ketones (excluding diaryl/α,β-unsaturated/α-hetero) is 1. The minimum atomic E-state index is 0.153. The van der Waals surface area contributed by atoms with Crippen LogP contribution in [0.2, 0.25) is 0 Å². The maximum atomic E-state index is 11.3. The van der Waals surface area contributed by atoms with Crippen LogP contribution in [0.4, 0.5) is 5.69 Å². The SMILES string of the molecule is CCC(=O)c1cccc(N)c1C. The molecule has 12 heavy (non-hydrogen) atoms. The number of hydrogen-bond donors (Lipinski definition) is 1. The molecule has 0 saturated carbocycles. The van der Waals surface area contributed by atoms with E-state index in [-0.39, 0.29) is 5.78 Å². The second-order valence-corrected chi connectivity index (χ2v) is 2.80. The second-order valence-electron chi connectivity index (χ2n) is 2.80. The van der Waals surface area contributed by atoms with E-state index in [4.69, 9.17) is 5.73 Å². The zero-order chi connectivity index (χ0) is 9.14. The van der Waals surface area contributed by atoms with Crippen molar-refractivity contribution < 1.29 is 4.79 Å². The lowest BCUT2D eigenvalue weighted by Gasteiger charge is -2.04. The van der Waals surface area contributed by atoms with Gasteiger partial charge in [-0.2, -0.15) is 0 Å². The molecule has 0 bridgehead atoms. The van der Waals surface area contributed by atoms with Gasteiger partial charge in [0.25, 0.3) is 0 Å². The Morgan fingerprint density at radius 2 is 2.17 bits per heavy atom. The fourth-order valence-electron chi connectivity index (χ4n) is 1.15. The van der Waals surface area contributed by atoms with Gasteiger partial charge in [0.15, 0.2) is 5.78 Å². The van der Waals surface area contributed by atoms with E-state index in [0.717, 1.165) is 11.1 Å².